The van der Waals surface area contributed by atoms with E-state index in [1.54, 1.807) is 11.3 Å². The van der Waals surface area contributed by atoms with Crippen molar-refractivity contribution in [3.63, 3.8) is 0 Å². The lowest BCUT2D eigenvalue weighted by Crippen LogP contribution is -2.36. The summed E-state index contributed by atoms with van der Waals surface area (Å²) in [5, 5.41) is 0.683. The van der Waals surface area contributed by atoms with Crippen molar-refractivity contribution in [3.05, 3.63) is 11.1 Å². The minimum atomic E-state index is 0. The highest BCUT2D eigenvalue weighted by molar-refractivity contribution is 7.15. The lowest BCUT2D eigenvalue weighted by atomic mass is 9.85. The van der Waals surface area contributed by atoms with Crippen molar-refractivity contribution >= 4 is 28.9 Å². The Hall–Kier alpha value is -0.320. The Balaban J connectivity index is 0.00000144. The van der Waals surface area contributed by atoms with Crippen LogP contribution in [0.3, 0.4) is 0 Å². The van der Waals surface area contributed by atoms with Gasteiger partial charge in [0.1, 0.15) is 0 Å². The number of nitrogens with two attached hydrogens (primary N) is 1. The first kappa shape index (κ1) is 14.7. The third kappa shape index (κ3) is 4.12. The Kier molecular flexibility index (Phi) is 5.70. The molecule has 3 nitrogen and oxygen atoms in total. The van der Waals surface area contributed by atoms with E-state index < -0.39 is 0 Å². The molecule has 0 radical (unpaired) electrons. The molecule has 0 saturated heterocycles. The van der Waals surface area contributed by atoms with E-state index in [4.69, 9.17) is 5.73 Å². The van der Waals surface area contributed by atoms with Gasteiger partial charge in [0.05, 0.1) is 0 Å². The molecule has 0 bridgehead atoms. The number of hydrogen-bond donors (Lipinski definition) is 1. The minimum absolute atomic E-state index is 0. The van der Waals surface area contributed by atoms with E-state index in [1.807, 2.05) is 6.20 Å². The first-order chi connectivity index (χ1) is 7.65. The average Bonchev–Trinajstić information content (AvgIpc) is 2.55. The van der Waals surface area contributed by atoms with E-state index in [9.17, 15) is 0 Å². The summed E-state index contributed by atoms with van der Waals surface area (Å²) < 4.78 is 0. The van der Waals surface area contributed by atoms with Gasteiger partial charge in [-0.3, -0.25) is 4.90 Å². The lowest BCUT2D eigenvalue weighted by molar-refractivity contribution is 0.141. The average molecular weight is 276 g/mol. The molecule has 1 saturated carbocycles. The van der Waals surface area contributed by atoms with Crippen LogP contribution in [0.1, 0.15) is 38.0 Å². The third-order valence-corrected chi connectivity index (χ3v) is 4.19. The number of rotatable bonds is 5. The molecule has 0 unspecified atom stereocenters. The predicted octanol–water partition coefficient (Wildman–Crippen LogP) is 3.16. The Morgan fingerprint density at radius 3 is 2.65 bits per heavy atom. The zero-order valence-corrected chi connectivity index (χ0v) is 12.2. The van der Waals surface area contributed by atoms with Gasteiger partial charge in [-0.2, -0.15) is 0 Å². The predicted molar refractivity (Wildman–Crippen MR) is 76.7 cm³/mol. The molecule has 2 rings (SSSR count). The standard InChI is InChI=1S/C12H21N3S.ClH/c1-9(2)15(7-10-4-3-5-10)8-11-6-14-12(13)16-11;/h6,9-10H,3-5,7-8H2,1-2H3,(H2,13,14);1H. The van der Waals surface area contributed by atoms with Crippen LogP contribution in [0.5, 0.6) is 0 Å². The Morgan fingerprint density at radius 2 is 2.24 bits per heavy atom. The molecule has 1 aromatic heterocycles. The van der Waals surface area contributed by atoms with Crippen LogP contribution in [0.4, 0.5) is 5.13 Å². The van der Waals surface area contributed by atoms with E-state index >= 15 is 0 Å². The monoisotopic (exact) mass is 275 g/mol. The molecule has 1 fully saturated rings. The molecule has 0 spiro atoms. The maximum absolute atomic E-state index is 5.66. The van der Waals surface area contributed by atoms with Crippen molar-refractivity contribution in [2.24, 2.45) is 5.92 Å². The van der Waals surface area contributed by atoms with Crippen LogP contribution >= 0.6 is 23.7 Å². The summed E-state index contributed by atoms with van der Waals surface area (Å²) in [6, 6.07) is 0.601. The first-order valence-corrected chi connectivity index (χ1v) is 6.91. The van der Waals surface area contributed by atoms with E-state index in [-0.39, 0.29) is 12.4 Å². The number of anilines is 1. The molecule has 1 aromatic rings. The molecule has 98 valence electrons. The fourth-order valence-electron chi connectivity index (χ4n) is 2.06. The second-order valence-corrected chi connectivity index (χ2v) is 6.13. The van der Waals surface area contributed by atoms with Gasteiger partial charge in [-0.1, -0.05) is 6.42 Å². The van der Waals surface area contributed by atoms with Crippen LogP contribution < -0.4 is 5.73 Å². The minimum Gasteiger partial charge on any atom is -0.375 e. The SMILES string of the molecule is CC(C)N(Cc1cnc(N)s1)CC1CCC1.Cl. The second-order valence-electron chi connectivity index (χ2n) is 4.98. The highest BCUT2D eigenvalue weighted by Crippen LogP contribution is 2.28. The molecule has 0 aromatic carbocycles. The molecular weight excluding hydrogens is 254 g/mol. The molecule has 0 aliphatic heterocycles. The van der Waals surface area contributed by atoms with Gasteiger partial charge in [-0.15, -0.1) is 23.7 Å². The number of halogens is 1. The molecule has 17 heavy (non-hydrogen) atoms. The zero-order valence-electron chi connectivity index (χ0n) is 10.6. The van der Waals surface area contributed by atoms with Gasteiger partial charge in [0.25, 0.3) is 0 Å². The van der Waals surface area contributed by atoms with Crippen molar-refractivity contribution in [1.29, 1.82) is 0 Å². The molecule has 1 aliphatic rings. The van der Waals surface area contributed by atoms with Gasteiger partial charge in [0.15, 0.2) is 5.13 Å². The lowest BCUT2D eigenvalue weighted by Gasteiger charge is -2.34. The zero-order chi connectivity index (χ0) is 11.5. The van der Waals surface area contributed by atoms with Crippen molar-refractivity contribution in [3.8, 4) is 0 Å². The molecule has 2 N–H and O–H groups in total. The quantitative estimate of drug-likeness (QED) is 0.898. The molecule has 0 amide bonds. The van der Waals surface area contributed by atoms with Crippen molar-refractivity contribution < 1.29 is 0 Å². The van der Waals surface area contributed by atoms with Gasteiger partial charge in [0, 0.05) is 30.2 Å². The number of aromatic nitrogens is 1. The third-order valence-electron chi connectivity index (χ3n) is 3.38. The summed E-state index contributed by atoms with van der Waals surface area (Å²) in [5.41, 5.74) is 5.66. The summed E-state index contributed by atoms with van der Waals surface area (Å²) in [7, 11) is 0. The molecule has 1 heterocycles. The van der Waals surface area contributed by atoms with Crippen LogP contribution in [0.25, 0.3) is 0 Å². The summed E-state index contributed by atoms with van der Waals surface area (Å²) >= 11 is 1.61. The van der Waals surface area contributed by atoms with E-state index in [0.717, 1.165) is 12.5 Å². The van der Waals surface area contributed by atoms with Crippen LogP contribution in [0, 0.1) is 5.92 Å². The maximum Gasteiger partial charge on any atom is 0.180 e. The van der Waals surface area contributed by atoms with Crippen LogP contribution in [-0.4, -0.2) is 22.5 Å². The van der Waals surface area contributed by atoms with Crippen molar-refractivity contribution in [2.45, 2.75) is 45.7 Å². The molecule has 0 atom stereocenters. The van der Waals surface area contributed by atoms with Gasteiger partial charge >= 0.3 is 0 Å². The van der Waals surface area contributed by atoms with Crippen LogP contribution in [0.15, 0.2) is 6.20 Å². The summed E-state index contributed by atoms with van der Waals surface area (Å²) in [6.45, 7) is 6.77. The topological polar surface area (TPSA) is 42.2 Å². The van der Waals surface area contributed by atoms with Crippen molar-refractivity contribution in [2.75, 3.05) is 12.3 Å². The Bertz CT molecular complexity index is 336. The van der Waals surface area contributed by atoms with Gasteiger partial charge in [-0.05, 0) is 32.6 Å². The van der Waals surface area contributed by atoms with Crippen molar-refractivity contribution in [1.82, 2.24) is 9.88 Å². The smallest absolute Gasteiger partial charge is 0.180 e. The summed E-state index contributed by atoms with van der Waals surface area (Å²) in [6.07, 6.45) is 6.16. The number of nitrogens with zero attached hydrogens (tertiary/aromatic N) is 2. The summed E-state index contributed by atoms with van der Waals surface area (Å²) in [5.74, 6) is 0.924. The number of nitrogen functional groups attached to an aromatic ring is 1. The van der Waals surface area contributed by atoms with Crippen LogP contribution in [-0.2, 0) is 6.54 Å². The summed E-state index contributed by atoms with van der Waals surface area (Å²) in [4.78, 5) is 7.93. The number of hydrogen-bond acceptors (Lipinski definition) is 4. The normalized spacial score (nSPS) is 16.0. The fourth-order valence-corrected chi connectivity index (χ4v) is 2.77. The fraction of sp³-hybridized carbons (Fsp3) is 0.750. The van der Waals surface area contributed by atoms with Gasteiger partial charge < -0.3 is 5.73 Å². The van der Waals surface area contributed by atoms with Gasteiger partial charge in [-0.25, -0.2) is 4.98 Å². The van der Waals surface area contributed by atoms with E-state index in [2.05, 4.69) is 23.7 Å². The Morgan fingerprint density at radius 1 is 1.53 bits per heavy atom. The first-order valence-electron chi connectivity index (χ1n) is 6.09. The molecular formula is C12H22ClN3S. The Labute approximate surface area is 114 Å². The number of thiazole rings is 1. The van der Waals surface area contributed by atoms with E-state index in [0.29, 0.717) is 11.2 Å². The van der Waals surface area contributed by atoms with Crippen LogP contribution in [0.2, 0.25) is 0 Å². The van der Waals surface area contributed by atoms with E-state index in [1.165, 1.54) is 30.7 Å². The highest BCUT2D eigenvalue weighted by Gasteiger charge is 2.22. The second kappa shape index (κ2) is 6.57. The largest absolute Gasteiger partial charge is 0.375 e. The molecule has 1 aliphatic carbocycles. The molecule has 5 heteroatoms. The maximum atomic E-state index is 5.66. The highest BCUT2D eigenvalue weighted by atomic mass is 35.5. The van der Waals surface area contributed by atoms with Gasteiger partial charge in [0.2, 0.25) is 0 Å².